The van der Waals surface area contributed by atoms with Crippen molar-refractivity contribution in [1.82, 2.24) is 24.9 Å². The van der Waals surface area contributed by atoms with Gasteiger partial charge in [-0.05, 0) is 25.0 Å². The van der Waals surface area contributed by atoms with Crippen LogP contribution in [0.25, 0.3) is 0 Å². The minimum absolute atomic E-state index is 0.219. The lowest BCUT2D eigenvalue weighted by atomic mass is 10.1. The summed E-state index contributed by atoms with van der Waals surface area (Å²) in [5.41, 5.74) is 2.24. The molecule has 0 radical (unpaired) electrons. The number of imide groups is 1. The highest BCUT2D eigenvalue weighted by Crippen LogP contribution is 2.28. The van der Waals surface area contributed by atoms with Crippen LogP contribution in [0.4, 0.5) is 4.79 Å². The van der Waals surface area contributed by atoms with Gasteiger partial charge in [-0.1, -0.05) is 24.3 Å². The zero-order chi connectivity index (χ0) is 22.8. The van der Waals surface area contributed by atoms with Crippen molar-refractivity contribution in [2.45, 2.75) is 32.6 Å². The summed E-state index contributed by atoms with van der Waals surface area (Å²) in [6, 6.07) is 7.05. The second-order valence-electron chi connectivity index (χ2n) is 8.32. The molecule has 2 atom stereocenters. The number of nitrogens with one attached hydrogen (secondary N) is 1. The van der Waals surface area contributed by atoms with Crippen molar-refractivity contribution < 1.29 is 19.1 Å². The Bertz CT molecular complexity index is 927. The molecule has 0 spiro atoms. The summed E-state index contributed by atoms with van der Waals surface area (Å²) >= 11 is 0. The van der Waals surface area contributed by atoms with E-state index in [2.05, 4.69) is 15.1 Å². The van der Waals surface area contributed by atoms with Crippen molar-refractivity contribution in [2.24, 2.45) is 4.99 Å². The molecule has 1 N–H and O–H groups in total. The predicted octanol–water partition coefficient (Wildman–Crippen LogP) is 0.224. The molecule has 2 unspecified atom stereocenters. The number of aliphatic imine (C=N–C) groups is 1. The molecule has 3 amide bonds. The summed E-state index contributed by atoms with van der Waals surface area (Å²) in [7, 11) is 1.66. The highest BCUT2D eigenvalue weighted by Gasteiger charge is 2.49. The third kappa shape index (κ3) is 4.27. The molecule has 1 aromatic rings. The molecule has 32 heavy (non-hydrogen) atoms. The number of nitrogens with zero attached hydrogens (tertiary/aromatic N) is 5. The van der Waals surface area contributed by atoms with Crippen molar-refractivity contribution in [2.75, 3.05) is 46.4 Å². The Morgan fingerprint density at radius 2 is 1.91 bits per heavy atom. The molecule has 10 heteroatoms. The number of likely N-dealkylation sites (N-methyl/N-ethyl adjacent to an activating group) is 1. The first-order valence-corrected chi connectivity index (χ1v) is 11.0. The number of rotatable bonds is 5. The number of fused-ring (bicyclic) bond motifs is 1. The van der Waals surface area contributed by atoms with Crippen LogP contribution in [0, 0.1) is 6.92 Å². The van der Waals surface area contributed by atoms with Gasteiger partial charge in [-0.25, -0.2) is 9.79 Å². The Morgan fingerprint density at radius 3 is 2.59 bits per heavy atom. The van der Waals surface area contributed by atoms with Gasteiger partial charge in [0.25, 0.3) is 5.91 Å². The summed E-state index contributed by atoms with van der Waals surface area (Å²) < 4.78 is 5.06. The Labute approximate surface area is 187 Å². The van der Waals surface area contributed by atoms with E-state index in [-0.39, 0.29) is 18.4 Å². The van der Waals surface area contributed by atoms with E-state index < -0.39 is 18.2 Å². The fraction of sp³-hybridized carbons (Fsp3) is 0.545. The minimum Gasteiger partial charge on any atom is -0.465 e. The largest absolute Gasteiger partial charge is 0.465 e. The number of esters is 1. The number of hydrogen-bond donors (Lipinski definition) is 1. The van der Waals surface area contributed by atoms with Crippen LogP contribution in [0.15, 0.2) is 29.3 Å². The summed E-state index contributed by atoms with van der Waals surface area (Å²) in [5, 5.41) is 2.45. The molecule has 4 rings (SSSR count). The molecular formula is C22H30N6O4. The van der Waals surface area contributed by atoms with Gasteiger partial charge >= 0.3 is 12.0 Å². The maximum absolute atomic E-state index is 12.8. The Balaban J connectivity index is 1.54. The number of piperazine rings is 1. The fourth-order valence-corrected chi connectivity index (χ4v) is 4.41. The number of carbonyl (C=O) groups is 3. The summed E-state index contributed by atoms with van der Waals surface area (Å²) in [4.78, 5) is 49.4. The van der Waals surface area contributed by atoms with Crippen LogP contribution < -0.4 is 5.32 Å². The normalized spacial score (nSPS) is 23.7. The first-order chi connectivity index (χ1) is 15.4. The lowest BCUT2D eigenvalue weighted by Crippen LogP contribution is -2.64. The fourth-order valence-electron chi connectivity index (χ4n) is 4.41. The topological polar surface area (TPSA) is 97.8 Å². The van der Waals surface area contributed by atoms with Crippen LogP contribution in [0.3, 0.4) is 0 Å². The van der Waals surface area contributed by atoms with Crippen molar-refractivity contribution >= 4 is 23.9 Å². The molecule has 172 valence electrons. The quantitative estimate of drug-likeness (QED) is 0.652. The summed E-state index contributed by atoms with van der Waals surface area (Å²) in [6.07, 6.45) is -0.562. The number of amides is 3. The number of urea groups is 1. The summed E-state index contributed by atoms with van der Waals surface area (Å²) in [5.74, 6) is 0.172. The van der Waals surface area contributed by atoms with Crippen LogP contribution in [-0.4, -0.2) is 102 Å². The average Bonchev–Trinajstić information content (AvgIpc) is 3.14. The zero-order valence-corrected chi connectivity index (χ0v) is 18.8. The van der Waals surface area contributed by atoms with Crippen LogP contribution in [0.2, 0.25) is 0 Å². The van der Waals surface area contributed by atoms with E-state index in [1.807, 2.05) is 36.1 Å². The second-order valence-corrected chi connectivity index (χ2v) is 8.32. The zero-order valence-electron chi connectivity index (χ0n) is 18.8. The first kappa shape index (κ1) is 22.1. The van der Waals surface area contributed by atoms with Crippen molar-refractivity contribution in [1.29, 1.82) is 0 Å². The predicted molar refractivity (Wildman–Crippen MR) is 118 cm³/mol. The maximum atomic E-state index is 12.8. The van der Waals surface area contributed by atoms with E-state index in [9.17, 15) is 14.4 Å². The molecular weight excluding hydrogens is 412 g/mol. The van der Waals surface area contributed by atoms with E-state index >= 15 is 0 Å². The average molecular weight is 443 g/mol. The van der Waals surface area contributed by atoms with Gasteiger partial charge in [0.1, 0.15) is 0 Å². The van der Waals surface area contributed by atoms with E-state index in [0.29, 0.717) is 39.3 Å². The van der Waals surface area contributed by atoms with Gasteiger partial charge in [0.2, 0.25) is 0 Å². The third-order valence-corrected chi connectivity index (χ3v) is 6.25. The number of hydrogen-bond acceptors (Lipinski definition) is 8. The van der Waals surface area contributed by atoms with E-state index in [1.165, 1.54) is 4.90 Å². The number of ether oxygens (including phenoxy) is 1. The van der Waals surface area contributed by atoms with Gasteiger partial charge in [-0.15, -0.1) is 0 Å². The smallest absolute Gasteiger partial charge is 0.325 e. The summed E-state index contributed by atoms with van der Waals surface area (Å²) in [6.45, 7) is 7.72. The van der Waals surface area contributed by atoms with Gasteiger partial charge in [-0.3, -0.25) is 19.8 Å². The first-order valence-electron chi connectivity index (χ1n) is 11.0. The molecule has 0 aromatic heterocycles. The van der Waals surface area contributed by atoms with Crippen LogP contribution >= 0.6 is 0 Å². The van der Waals surface area contributed by atoms with E-state index in [1.54, 1.807) is 14.0 Å². The van der Waals surface area contributed by atoms with Gasteiger partial charge in [-0.2, -0.15) is 0 Å². The van der Waals surface area contributed by atoms with Crippen molar-refractivity contribution in [3.05, 3.63) is 35.4 Å². The molecule has 2 fully saturated rings. The van der Waals surface area contributed by atoms with Crippen molar-refractivity contribution in [3.63, 3.8) is 0 Å². The molecule has 10 nitrogen and oxygen atoms in total. The van der Waals surface area contributed by atoms with Gasteiger partial charge < -0.3 is 19.4 Å². The lowest BCUT2D eigenvalue weighted by molar-refractivity contribution is -0.144. The number of benzene rings is 1. The number of carbonyl (C=O) groups excluding carboxylic acids is 3. The van der Waals surface area contributed by atoms with Crippen LogP contribution in [-0.2, 0) is 20.9 Å². The van der Waals surface area contributed by atoms with E-state index in [4.69, 9.17) is 9.73 Å². The Kier molecular flexibility index (Phi) is 6.31. The van der Waals surface area contributed by atoms with Crippen LogP contribution in [0.5, 0.6) is 0 Å². The Hall–Kier alpha value is -3.14. The Morgan fingerprint density at radius 1 is 1.19 bits per heavy atom. The molecule has 0 aliphatic carbocycles. The van der Waals surface area contributed by atoms with Gasteiger partial charge in [0.05, 0.1) is 13.2 Å². The molecule has 0 bridgehead atoms. The standard InChI is InChI=1S/C22H30N6O4/c1-4-32-17(29)14-26-9-11-27(12-10-26)21-23-19-18(20(30)24-22(31)25(19)3)28(21)13-16-8-6-5-7-15(16)2/h5-8,18-19H,4,9-14H2,1-3H3,(H,24,30,31). The van der Waals surface area contributed by atoms with E-state index in [0.717, 1.165) is 17.1 Å². The second kappa shape index (κ2) is 9.15. The number of guanidine groups is 1. The SMILES string of the molecule is CCOC(=O)CN1CCN(C2=NC3C(C(=O)NC(=O)N3C)N2Cc2ccccc2C)CC1. The highest BCUT2D eigenvalue weighted by atomic mass is 16.5. The molecule has 3 aliphatic rings. The number of aryl methyl sites for hydroxylation is 1. The van der Waals surface area contributed by atoms with Crippen LogP contribution in [0.1, 0.15) is 18.1 Å². The molecule has 3 heterocycles. The maximum Gasteiger partial charge on any atom is 0.325 e. The minimum atomic E-state index is -0.579. The molecule has 3 aliphatic heterocycles. The van der Waals surface area contributed by atoms with Gasteiger partial charge in [0, 0.05) is 39.8 Å². The highest BCUT2D eigenvalue weighted by molar-refractivity contribution is 6.03. The lowest BCUT2D eigenvalue weighted by Gasteiger charge is -2.40. The van der Waals surface area contributed by atoms with Gasteiger partial charge in [0.15, 0.2) is 18.2 Å². The molecule has 0 saturated carbocycles. The van der Waals surface area contributed by atoms with Crippen molar-refractivity contribution in [3.8, 4) is 0 Å². The monoisotopic (exact) mass is 442 g/mol. The third-order valence-electron chi connectivity index (χ3n) is 6.25. The molecule has 1 aromatic carbocycles. The molecule has 2 saturated heterocycles.